The van der Waals surface area contributed by atoms with Crippen molar-refractivity contribution in [2.45, 2.75) is 25.8 Å². The minimum absolute atomic E-state index is 0.0340. The van der Waals surface area contributed by atoms with E-state index in [1.165, 1.54) is 11.1 Å². The molecule has 2 aromatic rings. The first-order chi connectivity index (χ1) is 12.6. The van der Waals surface area contributed by atoms with Crippen molar-refractivity contribution in [2.75, 3.05) is 13.1 Å². The summed E-state index contributed by atoms with van der Waals surface area (Å²) in [6.45, 7) is 3.18. The van der Waals surface area contributed by atoms with Crippen molar-refractivity contribution in [3.63, 3.8) is 0 Å². The van der Waals surface area contributed by atoms with Crippen LogP contribution in [0.2, 0.25) is 0 Å². The van der Waals surface area contributed by atoms with Crippen molar-refractivity contribution in [1.29, 1.82) is 0 Å². The van der Waals surface area contributed by atoms with Gasteiger partial charge in [-0.25, -0.2) is 4.79 Å². The molecule has 26 heavy (non-hydrogen) atoms. The molecule has 138 valence electrons. The van der Waals surface area contributed by atoms with E-state index in [4.69, 9.17) is 5.73 Å². The Kier molecular flexibility index (Phi) is 5.94. The molecule has 0 aliphatic carbocycles. The molecule has 1 fully saturated rings. The van der Waals surface area contributed by atoms with E-state index in [9.17, 15) is 9.90 Å². The summed E-state index contributed by atoms with van der Waals surface area (Å²) in [4.78, 5) is 13.5. The Bertz CT molecular complexity index is 705. The summed E-state index contributed by atoms with van der Waals surface area (Å²) < 4.78 is 0. The summed E-state index contributed by atoms with van der Waals surface area (Å²) in [6, 6.07) is 20.6. The zero-order valence-electron chi connectivity index (χ0n) is 15.3. The minimum atomic E-state index is -0.830. The lowest BCUT2D eigenvalue weighted by molar-refractivity contribution is 0.0212. The third-order valence-corrected chi connectivity index (χ3v) is 5.87. The van der Waals surface area contributed by atoms with E-state index in [0.29, 0.717) is 19.0 Å². The molecule has 2 aromatic carbocycles. The highest BCUT2D eigenvalue weighted by atomic mass is 16.4. The van der Waals surface area contributed by atoms with E-state index < -0.39 is 6.09 Å². The first-order valence-corrected chi connectivity index (χ1v) is 9.37. The van der Waals surface area contributed by atoms with Crippen LogP contribution in [0, 0.1) is 17.8 Å². The number of hydrogen-bond donors (Lipinski definition) is 2. The van der Waals surface area contributed by atoms with E-state index in [2.05, 4.69) is 24.3 Å². The number of nitrogens with zero attached hydrogens (tertiary/aromatic N) is 1. The average molecular weight is 352 g/mol. The van der Waals surface area contributed by atoms with Gasteiger partial charge in [-0.3, -0.25) is 0 Å². The molecule has 0 spiro atoms. The summed E-state index contributed by atoms with van der Waals surface area (Å²) in [5.74, 6) is 0.769. The van der Waals surface area contributed by atoms with Gasteiger partial charge in [0.25, 0.3) is 0 Å². The predicted molar refractivity (Wildman–Crippen MR) is 104 cm³/mol. The first-order valence-electron chi connectivity index (χ1n) is 9.37. The van der Waals surface area contributed by atoms with Crippen LogP contribution in [0.4, 0.5) is 4.79 Å². The van der Waals surface area contributed by atoms with Crippen LogP contribution in [0.3, 0.4) is 0 Å². The molecule has 4 unspecified atom stereocenters. The molecule has 1 amide bonds. The highest BCUT2D eigenvalue weighted by Crippen LogP contribution is 2.37. The third kappa shape index (κ3) is 4.07. The van der Waals surface area contributed by atoms with Crippen LogP contribution < -0.4 is 5.73 Å². The van der Waals surface area contributed by atoms with Crippen molar-refractivity contribution in [2.24, 2.45) is 23.5 Å². The van der Waals surface area contributed by atoms with Crippen LogP contribution in [0.15, 0.2) is 60.7 Å². The Morgan fingerprint density at radius 2 is 1.54 bits per heavy atom. The fraction of sp³-hybridized carbons (Fsp3) is 0.409. The standard InChI is InChI=1S/C22H28N2O2/c1-16-20(13-18-10-6-3-7-11-18)21(14-23)19(15-24(16)22(25)26)12-17-8-4-2-5-9-17/h2-11,16,19-21H,12-15,23H2,1H3,(H,25,26). The van der Waals surface area contributed by atoms with Crippen LogP contribution in [0.1, 0.15) is 18.1 Å². The lowest BCUT2D eigenvalue weighted by Crippen LogP contribution is -2.56. The van der Waals surface area contributed by atoms with Gasteiger partial charge in [-0.2, -0.15) is 0 Å². The van der Waals surface area contributed by atoms with Crippen LogP contribution in [0.5, 0.6) is 0 Å². The Labute approximate surface area is 155 Å². The molecule has 3 N–H and O–H groups in total. The number of nitrogens with two attached hydrogens (primary N) is 1. The quantitative estimate of drug-likeness (QED) is 0.863. The number of benzene rings is 2. The molecule has 4 nitrogen and oxygen atoms in total. The Balaban J connectivity index is 1.87. The maximum absolute atomic E-state index is 11.9. The average Bonchev–Trinajstić information content (AvgIpc) is 2.66. The van der Waals surface area contributed by atoms with Gasteiger partial charge in [0.2, 0.25) is 0 Å². The number of carboxylic acid groups (broad SMARTS) is 1. The largest absolute Gasteiger partial charge is 0.465 e. The first kappa shape index (κ1) is 18.5. The second-order valence-electron chi connectivity index (χ2n) is 7.38. The van der Waals surface area contributed by atoms with Crippen LogP contribution in [-0.4, -0.2) is 35.2 Å². The van der Waals surface area contributed by atoms with Crippen molar-refractivity contribution < 1.29 is 9.90 Å². The van der Waals surface area contributed by atoms with Gasteiger partial charge in [-0.05, 0) is 55.2 Å². The number of amides is 1. The van der Waals surface area contributed by atoms with Crippen molar-refractivity contribution in [3.8, 4) is 0 Å². The van der Waals surface area contributed by atoms with Crippen molar-refractivity contribution >= 4 is 6.09 Å². The smallest absolute Gasteiger partial charge is 0.407 e. The molecule has 0 aromatic heterocycles. The Morgan fingerprint density at radius 1 is 1.00 bits per heavy atom. The molecule has 1 saturated heterocycles. The number of piperidine rings is 1. The number of rotatable bonds is 5. The number of likely N-dealkylation sites (tertiary alicyclic amines) is 1. The van der Waals surface area contributed by atoms with Crippen LogP contribution in [0.25, 0.3) is 0 Å². The fourth-order valence-electron chi connectivity index (χ4n) is 4.45. The normalized spacial score (nSPS) is 25.8. The summed E-state index contributed by atoms with van der Waals surface area (Å²) >= 11 is 0. The molecule has 1 aliphatic heterocycles. The maximum atomic E-state index is 11.9. The molecule has 1 heterocycles. The van der Waals surface area contributed by atoms with Gasteiger partial charge < -0.3 is 15.7 Å². The molecule has 3 rings (SSSR count). The van der Waals surface area contributed by atoms with Crippen molar-refractivity contribution in [3.05, 3.63) is 71.8 Å². The molecular weight excluding hydrogens is 324 g/mol. The van der Waals surface area contributed by atoms with Gasteiger partial charge >= 0.3 is 6.09 Å². The van der Waals surface area contributed by atoms with Crippen molar-refractivity contribution in [1.82, 2.24) is 4.90 Å². The summed E-state index contributed by atoms with van der Waals surface area (Å²) in [7, 11) is 0. The minimum Gasteiger partial charge on any atom is -0.465 e. The van der Waals surface area contributed by atoms with Gasteiger partial charge in [0, 0.05) is 12.6 Å². The molecule has 0 saturated carbocycles. The predicted octanol–water partition coefficient (Wildman–Crippen LogP) is 3.66. The van der Waals surface area contributed by atoms with Crippen LogP contribution >= 0.6 is 0 Å². The molecule has 1 aliphatic rings. The number of carbonyl (C=O) groups is 1. The highest BCUT2D eigenvalue weighted by Gasteiger charge is 2.42. The molecule has 0 radical (unpaired) electrons. The fourth-order valence-corrected chi connectivity index (χ4v) is 4.45. The number of hydrogen-bond acceptors (Lipinski definition) is 2. The summed E-state index contributed by atoms with van der Waals surface area (Å²) in [5.41, 5.74) is 8.70. The topological polar surface area (TPSA) is 66.6 Å². The Morgan fingerprint density at radius 3 is 2.04 bits per heavy atom. The second-order valence-corrected chi connectivity index (χ2v) is 7.38. The molecular formula is C22H28N2O2. The summed E-state index contributed by atoms with van der Waals surface area (Å²) in [5, 5.41) is 9.73. The lowest BCUT2D eigenvalue weighted by Gasteiger charge is -2.47. The van der Waals surface area contributed by atoms with Gasteiger partial charge in [0.05, 0.1) is 0 Å². The van der Waals surface area contributed by atoms with E-state index >= 15 is 0 Å². The lowest BCUT2D eigenvalue weighted by atomic mass is 9.69. The zero-order valence-corrected chi connectivity index (χ0v) is 15.3. The molecule has 0 bridgehead atoms. The third-order valence-electron chi connectivity index (χ3n) is 5.87. The van der Waals surface area contributed by atoms with Crippen LogP contribution in [-0.2, 0) is 12.8 Å². The van der Waals surface area contributed by atoms with E-state index in [1.54, 1.807) is 4.90 Å². The van der Waals surface area contributed by atoms with Gasteiger partial charge in [-0.15, -0.1) is 0 Å². The zero-order chi connectivity index (χ0) is 18.5. The van der Waals surface area contributed by atoms with E-state index in [-0.39, 0.29) is 17.9 Å². The van der Waals surface area contributed by atoms with E-state index in [0.717, 1.165) is 12.8 Å². The van der Waals surface area contributed by atoms with Gasteiger partial charge in [0.15, 0.2) is 0 Å². The summed E-state index contributed by atoms with van der Waals surface area (Å²) in [6.07, 6.45) is 0.896. The molecule has 4 atom stereocenters. The molecule has 4 heteroatoms. The van der Waals surface area contributed by atoms with Gasteiger partial charge in [-0.1, -0.05) is 60.7 Å². The highest BCUT2D eigenvalue weighted by molar-refractivity contribution is 5.65. The maximum Gasteiger partial charge on any atom is 0.407 e. The van der Waals surface area contributed by atoms with E-state index in [1.807, 2.05) is 43.3 Å². The van der Waals surface area contributed by atoms with Gasteiger partial charge in [0.1, 0.15) is 0 Å². The second kappa shape index (κ2) is 8.37. The monoisotopic (exact) mass is 352 g/mol. The SMILES string of the molecule is CC1C(Cc2ccccc2)C(CN)C(Cc2ccccc2)CN1C(=O)O. The Hall–Kier alpha value is -2.33.